The molecule has 1 saturated carbocycles. The summed E-state index contributed by atoms with van der Waals surface area (Å²) in [7, 11) is 1.85. The number of hydrogen-bond acceptors (Lipinski definition) is 1. The second kappa shape index (κ2) is 2.38. The molecular formula is C7H12NO. The molecule has 0 spiro atoms. The van der Waals surface area contributed by atoms with Gasteiger partial charge in [-0.15, -0.1) is 0 Å². The number of nitrogens with zero attached hydrogens (tertiary/aromatic N) is 1. The van der Waals surface area contributed by atoms with Gasteiger partial charge in [-0.1, -0.05) is 0 Å². The van der Waals surface area contributed by atoms with Crippen LogP contribution in [0.5, 0.6) is 0 Å². The summed E-state index contributed by atoms with van der Waals surface area (Å²) in [6.45, 7) is 3.53. The van der Waals surface area contributed by atoms with E-state index in [1.54, 1.807) is 4.90 Å². The average molecular weight is 126 g/mol. The molecule has 0 unspecified atom stereocenters. The highest BCUT2D eigenvalue weighted by molar-refractivity contribution is 5.76. The van der Waals surface area contributed by atoms with Crippen LogP contribution in [-0.2, 0) is 4.79 Å². The Bertz CT molecular complexity index is 118. The molecule has 1 aliphatic carbocycles. The number of rotatable bonds is 2. The van der Waals surface area contributed by atoms with Crippen LogP contribution in [0.4, 0.5) is 0 Å². The van der Waals surface area contributed by atoms with Crippen LogP contribution in [0, 0.1) is 6.92 Å². The Morgan fingerprint density at radius 2 is 2.33 bits per heavy atom. The van der Waals surface area contributed by atoms with E-state index in [0.29, 0.717) is 12.5 Å². The van der Waals surface area contributed by atoms with Crippen LogP contribution in [0.15, 0.2) is 0 Å². The number of amides is 1. The molecule has 0 aliphatic heterocycles. The van der Waals surface area contributed by atoms with Crippen molar-refractivity contribution < 1.29 is 4.79 Å². The summed E-state index contributed by atoms with van der Waals surface area (Å²) in [6.07, 6.45) is 2.76. The van der Waals surface area contributed by atoms with Crippen molar-refractivity contribution in [3.63, 3.8) is 0 Å². The number of hydrogen-bond donors (Lipinski definition) is 0. The Morgan fingerprint density at radius 3 is 2.67 bits per heavy atom. The first-order chi connectivity index (χ1) is 4.25. The Hall–Kier alpha value is -0.530. The third-order valence-corrected chi connectivity index (χ3v) is 1.70. The first-order valence-electron chi connectivity index (χ1n) is 3.30. The summed E-state index contributed by atoms with van der Waals surface area (Å²) < 4.78 is 0. The van der Waals surface area contributed by atoms with E-state index in [1.807, 2.05) is 7.05 Å². The highest BCUT2D eigenvalue weighted by Crippen LogP contribution is 2.25. The van der Waals surface area contributed by atoms with Gasteiger partial charge in [0.15, 0.2) is 0 Å². The lowest BCUT2D eigenvalue weighted by molar-refractivity contribution is -0.129. The Balaban J connectivity index is 2.30. The second-order valence-electron chi connectivity index (χ2n) is 2.49. The highest BCUT2D eigenvalue weighted by Gasteiger charge is 2.28. The fraction of sp³-hybridized carbons (Fsp3) is 0.714. The van der Waals surface area contributed by atoms with Crippen molar-refractivity contribution in [2.45, 2.75) is 25.3 Å². The summed E-state index contributed by atoms with van der Waals surface area (Å²) in [6, 6.07) is 0.541. The lowest BCUT2D eigenvalue weighted by Gasteiger charge is -2.13. The van der Waals surface area contributed by atoms with Gasteiger partial charge in [-0.3, -0.25) is 4.79 Å². The molecule has 2 nitrogen and oxygen atoms in total. The van der Waals surface area contributed by atoms with Crippen LogP contribution in [0.2, 0.25) is 0 Å². The van der Waals surface area contributed by atoms with Crippen molar-refractivity contribution in [3.8, 4) is 0 Å². The molecule has 0 aromatic carbocycles. The van der Waals surface area contributed by atoms with Gasteiger partial charge in [-0.2, -0.15) is 0 Å². The normalized spacial score (nSPS) is 17.6. The molecule has 0 N–H and O–H groups in total. The van der Waals surface area contributed by atoms with Gasteiger partial charge in [0.25, 0.3) is 0 Å². The fourth-order valence-corrected chi connectivity index (χ4v) is 0.842. The predicted molar refractivity (Wildman–Crippen MR) is 35.8 cm³/mol. The van der Waals surface area contributed by atoms with Gasteiger partial charge in [0.2, 0.25) is 5.91 Å². The Labute approximate surface area is 55.8 Å². The maximum atomic E-state index is 10.9. The van der Waals surface area contributed by atoms with Crippen molar-refractivity contribution in [1.29, 1.82) is 0 Å². The van der Waals surface area contributed by atoms with Crippen LogP contribution in [0.1, 0.15) is 19.3 Å². The van der Waals surface area contributed by atoms with E-state index in [4.69, 9.17) is 0 Å². The maximum Gasteiger partial charge on any atom is 0.222 e. The molecule has 1 fully saturated rings. The Kier molecular flexibility index (Phi) is 1.74. The van der Waals surface area contributed by atoms with Gasteiger partial charge in [0, 0.05) is 19.5 Å². The third-order valence-electron chi connectivity index (χ3n) is 1.70. The minimum Gasteiger partial charge on any atom is -0.343 e. The molecule has 1 radical (unpaired) electrons. The van der Waals surface area contributed by atoms with E-state index in [0.717, 1.165) is 0 Å². The molecule has 0 bridgehead atoms. The maximum absolute atomic E-state index is 10.9. The van der Waals surface area contributed by atoms with Crippen LogP contribution in [-0.4, -0.2) is 23.9 Å². The van der Waals surface area contributed by atoms with Crippen LogP contribution in [0.25, 0.3) is 0 Å². The molecule has 2 heteroatoms. The molecule has 1 aliphatic rings. The van der Waals surface area contributed by atoms with Crippen molar-refractivity contribution >= 4 is 5.91 Å². The summed E-state index contributed by atoms with van der Waals surface area (Å²) in [5.74, 6) is 0.164. The van der Waals surface area contributed by atoms with Gasteiger partial charge in [-0.05, 0) is 19.8 Å². The molecule has 51 valence electrons. The van der Waals surface area contributed by atoms with Gasteiger partial charge in [-0.25, -0.2) is 0 Å². The zero-order valence-electron chi connectivity index (χ0n) is 5.76. The molecule has 0 aromatic rings. The van der Waals surface area contributed by atoms with E-state index in [1.165, 1.54) is 12.8 Å². The minimum atomic E-state index is 0.164. The van der Waals surface area contributed by atoms with Crippen LogP contribution < -0.4 is 0 Å². The van der Waals surface area contributed by atoms with Crippen LogP contribution >= 0.6 is 0 Å². The van der Waals surface area contributed by atoms with E-state index in [9.17, 15) is 4.79 Å². The number of carbonyl (C=O) groups is 1. The molecule has 0 atom stereocenters. The van der Waals surface area contributed by atoms with Crippen molar-refractivity contribution in [1.82, 2.24) is 4.90 Å². The van der Waals surface area contributed by atoms with Crippen molar-refractivity contribution in [2.24, 2.45) is 0 Å². The third kappa shape index (κ3) is 1.44. The largest absolute Gasteiger partial charge is 0.343 e. The van der Waals surface area contributed by atoms with Gasteiger partial charge < -0.3 is 4.90 Å². The molecule has 9 heavy (non-hydrogen) atoms. The quantitative estimate of drug-likeness (QED) is 0.536. The smallest absolute Gasteiger partial charge is 0.222 e. The average Bonchev–Trinajstić information content (AvgIpc) is 2.66. The second-order valence-corrected chi connectivity index (χ2v) is 2.49. The monoisotopic (exact) mass is 126 g/mol. The van der Waals surface area contributed by atoms with Gasteiger partial charge in [0.1, 0.15) is 0 Å². The molecule has 0 heterocycles. The first-order valence-corrected chi connectivity index (χ1v) is 3.30. The van der Waals surface area contributed by atoms with E-state index < -0.39 is 0 Å². The van der Waals surface area contributed by atoms with Crippen molar-refractivity contribution in [3.05, 3.63) is 6.92 Å². The SMILES string of the molecule is [CH2]CC(=O)N(C)C1CC1. The molecule has 0 saturated heterocycles. The van der Waals surface area contributed by atoms with E-state index >= 15 is 0 Å². The lowest BCUT2D eigenvalue weighted by Crippen LogP contribution is -2.27. The highest BCUT2D eigenvalue weighted by atomic mass is 16.2. The molecule has 0 aromatic heterocycles. The van der Waals surface area contributed by atoms with Gasteiger partial charge in [0.05, 0.1) is 0 Å². The summed E-state index contributed by atoms with van der Waals surface area (Å²) in [4.78, 5) is 12.7. The minimum absolute atomic E-state index is 0.164. The predicted octanol–water partition coefficient (Wildman–Crippen LogP) is 0.831. The first kappa shape index (κ1) is 6.59. The topological polar surface area (TPSA) is 20.3 Å². The van der Waals surface area contributed by atoms with Crippen LogP contribution in [0.3, 0.4) is 0 Å². The summed E-state index contributed by atoms with van der Waals surface area (Å²) >= 11 is 0. The summed E-state index contributed by atoms with van der Waals surface area (Å²) in [5, 5.41) is 0. The van der Waals surface area contributed by atoms with Crippen molar-refractivity contribution in [2.75, 3.05) is 7.05 Å². The molecular weight excluding hydrogens is 114 g/mol. The molecule has 1 amide bonds. The number of carbonyl (C=O) groups excluding carboxylic acids is 1. The standard InChI is InChI=1S/C7H12NO/c1-3-7(9)8(2)6-4-5-6/h6H,1,3-5H2,2H3. The zero-order valence-corrected chi connectivity index (χ0v) is 5.76. The summed E-state index contributed by atoms with van der Waals surface area (Å²) in [5.41, 5.74) is 0. The fourth-order valence-electron chi connectivity index (χ4n) is 0.842. The zero-order chi connectivity index (χ0) is 6.85. The van der Waals surface area contributed by atoms with E-state index in [-0.39, 0.29) is 5.91 Å². The lowest BCUT2D eigenvalue weighted by atomic mass is 10.4. The Morgan fingerprint density at radius 1 is 1.78 bits per heavy atom. The molecule has 1 rings (SSSR count). The van der Waals surface area contributed by atoms with Gasteiger partial charge >= 0.3 is 0 Å². The van der Waals surface area contributed by atoms with E-state index in [2.05, 4.69) is 6.92 Å².